The summed E-state index contributed by atoms with van der Waals surface area (Å²) in [5.74, 6) is -0.328. The van der Waals surface area contributed by atoms with Gasteiger partial charge in [-0.15, -0.1) is 0 Å². The fourth-order valence-corrected chi connectivity index (χ4v) is 2.00. The number of nitrogens with zero attached hydrogens (tertiary/aromatic N) is 1. The molecule has 0 saturated carbocycles. The van der Waals surface area contributed by atoms with E-state index in [-0.39, 0.29) is 12.4 Å². The number of rotatable bonds is 4. The molecular weight excluding hydrogens is 229 g/mol. The lowest BCUT2D eigenvalue weighted by atomic mass is 10.1. The molecule has 0 radical (unpaired) electrons. The van der Waals surface area contributed by atoms with E-state index in [0.717, 1.165) is 17.9 Å². The molecule has 18 heavy (non-hydrogen) atoms. The molecule has 0 amide bonds. The SMILES string of the molecule is CCN(c1ccccc1)c1cc(F)cc(CO)c1. The molecule has 0 atom stereocenters. The summed E-state index contributed by atoms with van der Waals surface area (Å²) in [4.78, 5) is 2.00. The van der Waals surface area contributed by atoms with E-state index >= 15 is 0 Å². The van der Waals surface area contributed by atoms with Crippen LogP contribution in [-0.4, -0.2) is 11.7 Å². The average molecular weight is 245 g/mol. The van der Waals surface area contributed by atoms with Gasteiger partial charge in [0.1, 0.15) is 5.82 Å². The highest BCUT2D eigenvalue weighted by atomic mass is 19.1. The minimum Gasteiger partial charge on any atom is -0.392 e. The van der Waals surface area contributed by atoms with Crippen LogP contribution in [0.15, 0.2) is 48.5 Å². The first-order valence-corrected chi connectivity index (χ1v) is 5.97. The number of aliphatic hydroxyl groups is 1. The summed E-state index contributed by atoms with van der Waals surface area (Å²) in [6.45, 7) is 2.59. The van der Waals surface area contributed by atoms with Gasteiger partial charge in [0.2, 0.25) is 0 Å². The summed E-state index contributed by atoms with van der Waals surface area (Å²) in [5.41, 5.74) is 2.35. The van der Waals surface area contributed by atoms with Gasteiger partial charge in [0.15, 0.2) is 0 Å². The van der Waals surface area contributed by atoms with E-state index in [1.54, 1.807) is 6.07 Å². The van der Waals surface area contributed by atoms with Gasteiger partial charge in [-0.3, -0.25) is 0 Å². The van der Waals surface area contributed by atoms with Gasteiger partial charge < -0.3 is 10.0 Å². The number of aliphatic hydroxyl groups excluding tert-OH is 1. The Balaban J connectivity index is 2.42. The number of hydrogen-bond acceptors (Lipinski definition) is 2. The molecular formula is C15H16FNO. The van der Waals surface area contributed by atoms with Gasteiger partial charge in [0.25, 0.3) is 0 Å². The third-order valence-electron chi connectivity index (χ3n) is 2.82. The molecule has 0 heterocycles. The zero-order chi connectivity index (χ0) is 13.0. The molecule has 94 valence electrons. The van der Waals surface area contributed by atoms with Crippen molar-refractivity contribution in [3.05, 3.63) is 59.9 Å². The molecule has 0 bridgehead atoms. The molecule has 0 spiro atoms. The van der Waals surface area contributed by atoms with Crippen LogP contribution in [0.4, 0.5) is 15.8 Å². The van der Waals surface area contributed by atoms with Gasteiger partial charge in [-0.25, -0.2) is 4.39 Å². The van der Waals surface area contributed by atoms with Crippen molar-refractivity contribution in [3.63, 3.8) is 0 Å². The van der Waals surface area contributed by atoms with Crippen molar-refractivity contribution >= 4 is 11.4 Å². The monoisotopic (exact) mass is 245 g/mol. The Kier molecular flexibility index (Phi) is 3.95. The van der Waals surface area contributed by atoms with E-state index < -0.39 is 0 Å². The molecule has 2 nitrogen and oxygen atoms in total. The van der Waals surface area contributed by atoms with Crippen molar-refractivity contribution < 1.29 is 9.50 Å². The van der Waals surface area contributed by atoms with Crippen LogP contribution < -0.4 is 4.90 Å². The summed E-state index contributed by atoms with van der Waals surface area (Å²) in [6, 6.07) is 14.4. The van der Waals surface area contributed by atoms with E-state index in [2.05, 4.69) is 0 Å². The predicted molar refractivity (Wildman–Crippen MR) is 71.4 cm³/mol. The van der Waals surface area contributed by atoms with Crippen molar-refractivity contribution in [1.82, 2.24) is 0 Å². The maximum Gasteiger partial charge on any atom is 0.125 e. The lowest BCUT2D eigenvalue weighted by Crippen LogP contribution is -2.16. The second kappa shape index (κ2) is 5.65. The third kappa shape index (κ3) is 2.68. The van der Waals surface area contributed by atoms with Crippen molar-refractivity contribution in [1.29, 1.82) is 0 Å². The summed E-state index contributed by atoms with van der Waals surface area (Å²) < 4.78 is 13.5. The Morgan fingerprint density at radius 1 is 1.06 bits per heavy atom. The van der Waals surface area contributed by atoms with Crippen molar-refractivity contribution in [2.24, 2.45) is 0 Å². The van der Waals surface area contributed by atoms with Gasteiger partial charge in [-0.1, -0.05) is 18.2 Å². The molecule has 3 heteroatoms. The third-order valence-corrected chi connectivity index (χ3v) is 2.82. The van der Waals surface area contributed by atoms with E-state index in [0.29, 0.717) is 5.56 Å². The fourth-order valence-electron chi connectivity index (χ4n) is 2.00. The smallest absolute Gasteiger partial charge is 0.125 e. The Morgan fingerprint density at radius 2 is 1.78 bits per heavy atom. The van der Waals surface area contributed by atoms with Crippen LogP contribution in [0.1, 0.15) is 12.5 Å². The van der Waals surface area contributed by atoms with Gasteiger partial charge >= 0.3 is 0 Å². The Bertz CT molecular complexity index is 513. The topological polar surface area (TPSA) is 23.5 Å². The molecule has 0 fully saturated rings. The highest BCUT2D eigenvalue weighted by molar-refractivity contribution is 5.63. The quantitative estimate of drug-likeness (QED) is 0.891. The minimum absolute atomic E-state index is 0.156. The van der Waals surface area contributed by atoms with Crippen molar-refractivity contribution in [2.45, 2.75) is 13.5 Å². The standard InChI is InChI=1S/C15H16FNO/c1-2-17(14-6-4-3-5-7-14)15-9-12(11-18)8-13(16)10-15/h3-10,18H,2,11H2,1H3. The molecule has 0 unspecified atom stereocenters. The maximum atomic E-state index is 13.5. The highest BCUT2D eigenvalue weighted by Crippen LogP contribution is 2.26. The zero-order valence-electron chi connectivity index (χ0n) is 10.3. The second-order valence-electron chi connectivity index (χ2n) is 4.06. The predicted octanol–water partition coefficient (Wildman–Crippen LogP) is 3.48. The summed E-state index contributed by atoms with van der Waals surface area (Å²) in [5, 5.41) is 9.13. The zero-order valence-corrected chi connectivity index (χ0v) is 10.3. The molecule has 1 N–H and O–H groups in total. The molecule has 0 aromatic heterocycles. The van der Waals surface area contributed by atoms with Crippen LogP contribution in [0.25, 0.3) is 0 Å². The van der Waals surface area contributed by atoms with Crippen molar-refractivity contribution in [3.8, 4) is 0 Å². The number of para-hydroxylation sites is 1. The van der Waals surface area contributed by atoms with E-state index in [1.807, 2.05) is 42.2 Å². The largest absolute Gasteiger partial charge is 0.392 e. The summed E-state index contributed by atoms with van der Waals surface area (Å²) in [7, 11) is 0. The lowest BCUT2D eigenvalue weighted by molar-refractivity contribution is 0.281. The molecule has 0 aliphatic rings. The molecule has 0 saturated heterocycles. The maximum absolute atomic E-state index is 13.5. The van der Waals surface area contributed by atoms with Crippen LogP contribution >= 0.6 is 0 Å². The minimum atomic E-state index is -0.328. The molecule has 0 aliphatic heterocycles. The number of anilines is 2. The molecule has 2 aromatic carbocycles. The summed E-state index contributed by atoms with van der Waals surface area (Å²) >= 11 is 0. The first kappa shape index (κ1) is 12.6. The summed E-state index contributed by atoms with van der Waals surface area (Å²) in [6.07, 6.45) is 0. The van der Waals surface area contributed by atoms with Gasteiger partial charge in [-0.2, -0.15) is 0 Å². The van der Waals surface area contributed by atoms with Crippen LogP contribution in [-0.2, 0) is 6.61 Å². The molecule has 0 aliphatic carbocycles. The highest BCUT2D eigenvalue weighted by Gasteiger charge is 2.09. The Morgan fingerprint density at radius 3 is 2.39 bits per heavy atom. The van der Waals surface area contributed by atoms with Crippen LogP contribution in [0.2, 0.25) is 0 Å². The Labute approximate surface area is 106 Å². The first-order chi connectivity index (χ1) is 8.74. The molecule has 2 rings (SSSR count). The van der Waals surface area contributed by atoms with E-state index in [4.69, 9.17) is 5.11 Å². The van der Waals surface area contributed by atoms with Crippen molar-refractivity contribution in [2.75, 3.05) is 11.4 Å². The van der Waals surface area contributed by atoms with Crippen LogP contribution in [0.3, 0.4) is 0 Å². The number of benzene rings is 2. The average Bonchev–Trinajstić information content (AvgIpc) is 2.40. The van der Waals surface area contributed by atoms with Crippen LogP contribution in [0, 0.1) is 5.82 Å². The van der Waals surface area contributed by atoms with E-state index in [1.165, 1.54) is 12.1 Å². The number of halogens is 1. The van der Waals surface area contributed by atoms with E-state index in [9.17, 15) is 4.39 Å². The van der Waals surface area contributed by atoms with Crippen LogP contribution in [0.5, 0.6) is 0 Å². The van der Waals surface area contributed by atoms with Gasteiger partial charge in [0, 0.05) is 17.9 Å². The second-order valence-corrected chi connectivity index (χ2v) is 4.06. The fraction of sp³-hybridized carbons (Fsp3) is 0.200. The first-order valence-electron chi connectivity index (χ1n) is 5.97. The number of hydrogen-bond donors (Lipinski definition) is 1. The lowest BCUT2D eigenvalue weighted by Gasteiger charge is -2.23. The Hall–Kier alpha value is -1.87. The molecule has 2 aromatic rings. The van der Waals surface area contributed by atoms with Gasteiger partial charge in [0.05, 0.1) is 6.61 Å². The van der Waals surface area contributed by atoms with Gasteiger partial charge in [-0.05, 0) is 42.8 Å². The normalized spacial score (nSPS) is 10.4.